The van der Waals surface area contributed by atoms with Gasteiger partial charge in [0.1, 0.15) is 0 Å². The highest BCUT2D eigenvalue weighted by molar-refractivity contribution is 6.30. The Morgan fingerprint density at radius 1 is 1.31 bits per heavy atom. The van der Waals surface area contributed by atoms with Crippen LogP contribution in [0.1, 0.15) is 50.2 Å². The number of nitrogens with two attached hydrogens (primary N) is 1. The Balaban J connectivity index is 2.07. The maximum atomic E-state index is 6.13. The summed E-state index contributed by atoms with van der Waals surface area (Å²) in [6, 6.07) is 6.40. The number of halogens is 1. The Morgan fingerprint density at radius 3 is 2.56 bits per heavy atom. The third kappa shape index (κ3) is 2.99. The lowest BCUT2D eigenvalue weighted by atomic mass is 9.97. The molecule has 1 aliphatic rings. The van der Waals surface area contributed by atoms with Crippen molar-refractivity contribution in [1.29, 1.82) is 0 Å². The molecule has 88 valence electrons. The lowest BCUT2D eigenvalue weighted by Gasteiger charge is -2.12. The van der Waals surface area contributed by atoms with Gasteiger partial charge in [0, 0.05) is 10.6 Å². The molecule has 0 spiro atoms. The van der Waals surface area contributed by atoms with Crippen LogP contribution in [-0.2, 0) is 6.42 Å². The van der Waals surface area contributed by atoms with Crippen molar-refractivity contribution in [3.05, 3.63) is 34.3 Å². The molecule has 2 heteroatoms. The molecule has 0 amide bonds. The average molecular weight is 238 g/mol. The average Bonchev–Trinajstić information content (AvgIpc) is 2.94. The molecule has 0 radical (unpaired) electrons. The summed E-state index contributed by atoms with van der Waals surface area (Å²) in [4.78, 5) is 0. The van der Waals surface area contributed by atoms with Crippen LogP contribution in [0.15, 0.2) is 18.2 Å². The highest BCUT2D eigenvalue weighted by atomic mass is 35.5. The van der Waals surface area contributed by atoms with E-state index in [2.05, 4.69) is 32.0 Å². The lowest BCUT2D eigenvalue weighted by Crippen LogP contribution is -2.22. The molecular formula is C14H20ClN. The molecule has 0 bridgehead atoms. The molecular weight excluding hydrogens is 218 g/mol. The molecule has 16 heavy (non-hydrogen) atoms. The Morgan fingerprint density at radius 2 is 2.00 bits per heavy atom. The van der Waals surface area contributed by atoms with Crippen molar-refractivity contribution >= 4 is 11.6 Å². The van der Waals surface area contributed by atoms with Gasteiger partial charge in [-0.3, -0.25) is 0 Å². The maximum Gasteiger partial charge on any atom is 0.0411 e. The standard InChI is InChI=1S/C14H20ClN/c1-10(2)12-7-11(8-13(15)9-12)3-4-14(16)5-6-14/h7-10H,3-6,16H2,1-2H3. The summed E-state index contributed by atoms with van der Waals surface area (Å²) in [6.07, 6.45) is 4.51. The van der Waals surface area contributed by atoms with Gasteiger partial charge in [0.25, 0.3) is 0 Å². The van der Waals surface area contributed by atoms with Gasteiger partial charge in [0.2, 0.25) is 0 Å². The highest BCUT2D eigenvalue weighted by Gasteiger charge is 2.37. The second kappa shape index (κ2) is 4.38. The van der Waals surface area contributed by atoms with E-state index < -0.39 is 0 Å². The van der Waals surface area contributed by atoms with Crippen LogP contribution >= 0.6 is 11.6 Å². The largest absolute Gasteiger partial charge is 0.325 e. The third-order valence-corrected chi connectivity index (χ3v) is 3.67. The van der Waals surface area contributed by atoms with Gasteiger partial charge in [0.15, 0.2) is 0 Å². The summed E-state index contributed by atoms with van der Waals surface area (Å²) in [5, 5.41) is 0.850. The Hall–Kier alpha value is -0.530. The molecule has 1 fully saturated rings. The summed E-state index contributed by atoms with van der Waals surface area (Å²) in [5.74, 6) is 0.533. The zero-order valence-electron chi connectivity index (χ0n) is 10.1. The lowest BCUT2D eigenvalue weighted by molar-refractivity contribution is 0.609. The predicted molar refractivity (Wildman–Crippen MR) is 70.0 cm³/mol. The first-order chi connectivity index (χ1) is 7.48. The number of rotatable bonds is 4. The van der Waals surface area contributed by atoms with Crippen molar-refractivity contribution in [3.8, 4) is 0 Å². The van der Waals surface area contributed by atoms with Crippen LogP contribution in [-0.4, -0.2) is 5.54 Å². The van der Waals surface area contributed by atoms with Crippen LogP contribution in [0, 0.1) is 0 Å². The monoisotopic (exact) mass is 237 g/mol. The fraction of sp³-hybridized carbons (Fsp3) is 0.571. The first kappa shape index (κ1) is 11.9. The van der Waals surface area contributed by atoms with E-state index >= 15 is 0 Å². The van der Waals surface area contributed by atoms with Gasteiger partial charge in [0.05, 0.1) is 0 Å². The van der Waals surface area contributed by atoms with E-state index in [0.29, 0.717) is 5.92 Å². The zero-order chi connectivity index (χ0) is 11.8. The SMILES string of the molecule is CC(C)c1cc(Cl)cc(CCC2(N)CC2)c1. The van der Waals surface area contributed by atoms with Crippen molar-refractivity contribution in [2.45, 2.75) is 51.0 Å². The number of hydrogen-bond acceptors (Lipinski definition) is 1. The highest BCUT2D eigenvalue weighted by Crippen LogP contribution is 2.36. The second-order valence-electron chi connectivity index (χ2n) is 5.41. The van der Waals surface area contributed by atoms with Crippen molar-refractivity contribution < 1.29 is 0 Å². The van der Waals surface area contributed by atoms with Gasteiger partial charge in [-0.15, -0.1) is 0 Å². The van der Waals surface area contributed by atoms with Gasteiger partial charge in [-0.2, -0.15) is 0 Å². The normalized spacial score (nSPS) is 17.8. The van der Waals surface area contributed by atoms with Crippen molar-refractivity contribution in [1.82, 2.24) is 0 Å². The van der Waals surface area contributed by atoms with Gasteiger partial charge in [-0.25, -0.2) is 0 Å². The zero-order valence-corrected chi connectivity index (χ0v) is 10.8. The summed E-state index contributed by atoms with van der Waals surface area (Å²) in [6.45, 7) is 4.39. The van der Waals surface area contributed by atoms with E-state index in [4.69, 9.17) is 17.3 Å². The molecule has 0 atom stereocenters. The van der Waals surface area contributed by atoms with E-state index in [9.17, 15) is 0 Å². The molecule has 2 N–H and O–H groups in total. The Kier molecular flexibility index (Phi) is 3.27. The first-order valence-electron chi connectivity index (χ1n) is 6.07. The first-order valence-corrected chi connectivity index (χ1v) is 6.45. The smallest absolute Gasteiger partial charge is 0.0411 e. The summed E-state index contributed by atoms with van der Waals surface area (Å²) in [5.41, 5.74) is 8.89. The van der Waals surface area contributed by atoms with E-state index in [-0.39, 0.29) is 5.54 Å². The number of hydrogen-bond donors (Lipinski definition) is 1. The number of benzene rings is 1. The topological polar surface area (TPSA) is 26.0 Å². The van der Waals surface area contributed by atoms with Crippen molar-refractivity contribution in [3.63, 3.8) is 0 Å². The van der Waals surface area contributed by atoms with Crippen molar-refractivity contribution in [2.75, 3.05) is 0 Å². The molecule has 0 unspecified atom stereocenters. The minimum atomic E-state index is 0.139. The van der Waals surface area contributed by atoms with Crippen LogP contribution < -0.4 is 5.73 Å². The molecule has 0 saturated heterocycles. The molecule has 1 saturated carbocycles. The van der Waals surface area contributed by atoms with Gasteiger partial charge >= 0.3 is 0 Å². The Labute approximate surface area is 103 Å². The molecule has 1 nitrogen and oxygen atoms in total. The molecule has 2 rings (SSSR count). The van der Waals surface area contributed by atoms with E-state index in [0.717, 1.165) is 17.9 Å². The molecule has 0 aromatic heterocycles. The van der Waals surface area contributed by atoms with E-state index in [1.54, 1.807) is 0 Å². The quantitative estimate of drug-likeness (QED) is 0.845. The third-order valence-electron chi connectivity index (χ3n) is 3.45. The van der Waals surface area contributed by atoms with E-state index in [1.807, 2.05) is 0 Å². The van der Waals surface area contributed by atoms with Crippen LogP contribution in [0.25, 0.3) is 0 Å². The maximum absolute atomic E-state index is 6.13. The van der Waals surface area contributed by atoms with Crippen LogP contribution in [0.5, 0.6) is 0 Å². The van der Waals surface area contributed by atoms with Crippen LogP contribution in [0.2, 0.25) is 5.02 Å². The van der Waals surface area contributed by atoms with Crippen LogP contribution in [0.4, 0.5) is 0 Å². The second-order valence-corrected chi connectivity index (χ2v) is 5.85. The minimum Gasteiger partial charge on any atom is -0.325 e. The van der Waals surface area contributed by atoms with E-state index in [1.165, 1.54) is 24.0 Å². The van der Waals surface area contributed by atoms with Gasteiger partial charge in [-0.05, 0) is 54.9 Å². The minimum absolute atomic E-state index is 0.139. The molecule has 1 aromatic carbocycles. The Bertz CT molecular complexity index is 380. The predicted octanol–water partition coefficient (Wildman–Crippen LogP) is 3.89. The molecule has 1 aromatic rings. The number of aryl methyl sites for hydroxylation is 1. The van der Waals surface area contributed by atoms with Crippen molar-refractivity contribution in [2.24, 2.45) is 5.73 Å². The summed E-state index contributed by atoms with van der Waals surface area (Å²) >= 11 is 6.13. The molecule has 0 heterocycles. The van der Waals surface area contributed by atoms with Gasteiger partial charge in [-0.1, -0.05) is 31.5 Å². The molecule has 0 aliphatic heterocycles. The fourth-order valence-corrected chi connectivity index (χ4v) is 2.22. The fourth-order valence-electron chi connectivity index (χ4n) is 1.96. The summed E-state index contributed by atoms with van der Waals surface area (Å²) in [7, 11) is 0. The molecule has 1 aliphatic carbocycles. The summed E-state index contributed by atoms with van der Waals surface area (Å²) < 4.78 is 0. The van der Waals surface area contributed by atoms with Gasteiger partial charge < -0.3 is 5.73 Å². The van der Waals surface area contributed by atoms with Crippen LogP contribution in [0.3, 0.4) is 0 Å².